The molecule has 0 spiro atoms. The highest BCUT2D eigenvalue weighted by Crippen LogP contribution is 2.16. The number of allylic oxidation sites excluding steroid dienone is 3. The second-order valence-corrected chi connectivity index (χ2v) is 2.18. The van der Waals surface area contributed by atoms with Gasteiger partial charge in [0.1, 0.15) is 0 Å². The van der Waals surface area contributed by atoms with Crippen molar-refractivity contribution >= 4 is 5.78 Å². The number of ketones is 1. The SMILES string of the molecule is C=CCC1=CCCC1=O. The van der Waals surface area contributed by atoms with E-state index < -0.39 is 0 Å². The van der Waals surface area contributed by atoms with Crippen molar-refractivity contribution in [3.8, 4) is 0 Å². The Labute approximate surface area is 55.1 Å². The van der Waals surface area contributed by atoms with Crippen LogP contribution in [0.1, 0.15) is 19.3 Å². The smallest absolute Gasteiger partial charge is 0.159 e. The minimum atomic E-state index is 0.301. The van der Waals surface area contributed by atoms with Gasteiger partial charge in [0, 0.05) is 6.42 Å². The molecule has 0 unspecified atom stereocenters. The van der Waals surface area contributed by atoms with E-state index in [1.807, 2.05) is 6.08 Å². The summed E-state index contributed by atoms with van der Waals surface area (Å²) < 4.78 is 0. The normalized spacial score (nSPS) is 17.8. The van der Waals surface area contributed by atoms with Crippen molar-refractivity contribution < 1.29 is 4.79 Å². The van der Waals surface area contributed by atoms with E-state index in [2.05, 4.69) is 6.58 Å². The van der Waals surface area contributed by atoms with Crippen molar-refractivity contribution in [2.75, 3.05) is 0 Å². The zero-order valence-electron chi connectivity index (χ0n) is 5.39. The summed E-state index contributed by atoms with van der Waals surface area (Å²) >= 11 is 0. The van der Waals surface area contributed by atoms with Gasteiger partial charge in [0.2, 0.25) is 0 Å². The van der Waals surface area contributed by atoms with Crippen LogP contribution in [0.15, 0.2) is 24.3 Å². The summed E-state index contributed by atoms with van der Waals surface area (Å²) in [5.74, 6) is 0.301. The lowest BCUT2D eigenvalue weighted by atomic mass is 10.1. The number of hydrogen-bond donors (Lipinski definition) is 0. The lowest BCUT2D eigenvalue weighted by molar-refractivity contribution is -0.114. The second kappa shape index (κ2) is 2.62. The highest BCUT2D eigenvalue weighted by atomic mass is 16.1. The van der Waals surface area contributed by atoms with Gasteiger partial charge in [-0.15, -0.1) is 6.58 Å². The average molecular weight is 122 g/mol. The summed E-state index contributed by atoms with van der Waals surface area (Å²) in [5.41, 5.74) is 0.949. The van der Waals surface area contributed by atoms with Crippen molar-refractivity contribution in [1.82, 2.24) is 0 Å². The molecule has 0 fully saturated rings. The predicted molar refractivity (Wildman–Crippen MR) is 37.1 cm³/mol. The molecule has 0 amide bonds. The largest absolute Gasteiger partial charge is 0.295 e. The summed E-state index contributed by atoms with van der Waals surface area (Å²) in [4.78, 5) is 10.8. The molecule has 1 aliphatic rings. The molecule has 0 heterocycles. The first-order valence-electron chi connectivity index (χ1n) is 3.17. The molecule has 0 radical (unpaired) electrons. The Morgan fingerprint density at radius 2 is 2.56 bits per heavy atom. The first-order chi connectivity index (χ1) is 4.34. The topological polar surface area (TPSA) is 17.1 Å². The van der Waals surface area contributed by atoms with Gasteiger partial charge in [-0.05, 0) is 18.4 Å². The van der Waals surface area contributed by atoms with Crippen LogP contribution < -0.4 is 0 Å². The van der Waals surface area contributed by atoms with Crippen molar-refractivity contribution in [3.63, 3.8) is 0 Å². The van der Waals surface area contributed by atoms with E-state index >= 15 is 0 Å². The number of Topliss-reactive ketones (excluding diaryl/α,β-unsaturated/α-hetero) is 1. The number of carbonyl (C=O) groups is 1. The van der Waals surface area contributed by atoms with Crippen LogP contribution in [-0.2, 0) is 4.79 Å². The molecule has 0 bridgehead atoms. The summed E-state index contributed by atoms with van der Waals surface area (Å²) in [6.07, 6.45) is 6.17. The summed E-state index contributed by atoms with van der Waals surface area (Å²) in [6, 6.07) is 0. The lowest BCUT2D eigenvalue weighted by Crippen LogP contribution is -1.92. The molecule has 0 saturated carbocycles. The Bertz CT molecular complexity index is 165. The van der Waals surface area contributed by atoms with E-state index in [-0.39, 0.29) is 0 Å². The van der Waals surface area contributed by atoms with Gasteiger partial charge >= 0.3 is 0 Å². The van der Waals surface area contributed by atoms with Crippen LogP contribution >= 0.6 is 0 Å². The fourth-order valence-corrected chi connectivity index (χ4v) is 1.00. The number of carbonyl (C=O) groups excluding carboxylic acids is 1. The summed E-state index contributed by atoms with van der Waals surface area (Å²) in [7, 11) is 0. The van der Waals surface area contributed by atoms with E-state index in [9.17, 15) is 4.79 Å². The van der Waals surface area contributed by atoms with Gasteiger partial charge in [-0.2, -0.15) is 0 Å². The van der Waals surface area contributed by atoms with Gasteiger partial charge in [-0.1, -0.05) is 12.2 Å². The van der Waals surface area contributed by atoms with Crippen LogP contribution in [0.25, 0.3) is 0 Å². The maximum atomic E-state index is 10.8. The molecule has 1 aliphatic carbocycles. The van der Waals surface area contributed by atoms with Crippen LogP contribution in [0.5, 0.6) is 0 Å². The Hall–Kier alpha value is -0.850. The Morgan fingerprint density at radius 1 is 1.78 bits per heavy atom. The van der Waals surface area contributed by atoms with E-state index in [4.69, 9.17) is 0 Å². The minimum Gasteiger partial charge on any atom is -0.295 e. The monoisotopic (exact) mass is 122 g/mol. The number of rotatable bonds is 2. The fourth-order valence-electron chi connectivity index (χ4n) is 1.00. The highest BCUT2D eigenvalue weighted by Gasteiger charge is 2.11. The molecule has 0 aromatic carbocycles. The molecule has 48 valence electrons. The van der Waals surface area contributed by atoms with Crippen molar-refractivity contribution in [1.29, 1.82) is 0 Å². The average Bonchev–Trinajstić information content (AvgIpc) is 2.18. The molecule has 0 aromatic heterocycles. The molecule has 1 rings (SSSR count). The Morgan fingerprint density at radius 3 is 3.00 bits per heavy atom. The third-order valence-electron chi connectivity index (χ3n) is 1.48. The molecular weight excluding hydrogens is 112 g/mol. The summed E-state index contributed by atoms with van der Waals surface area (Å²) in [5, 5.41) is 0. The quantitative estimate of drug-likeness (QED) is 0.511. The van der Waals surface area contributed by atoms with Gasteiger partial charge in [0.25, 0.3) is 0 Å². The molecule has 1 heteroatoms. The standard InChI is InChI=1S/C8H10O/c1-2-4-7-5-3-6-8(7)9/h2,5H,1,3-4,6H2. The van der Waals surface area contributed by atoms with Crippen LogP contribution in [-0.4, -0.2) is 5.78 Å². The molecule has 0 aliphatic heterocycles. The van der Waals surface area contributed by atoms with E-state index in [1.54, 1.807) is 6.08 Å². The molecule has 0 saturated heterocycles. The van der Waals surface area contributed by atoms with Gasteiger partial charge in [0.15, 0.2) is 5.78 Å². The maximum Gasteiger partial charge on any atom is 0.159 e. The Balaban J connectivity index is 2.57. The predicted octanol–water partition coefficient (Wildman–Crippen LogP) is 1.85. The third kappa shape index (κ3) is 1.28. The maximum absolute atomic E-state index is 10.8. The minimum absolute atomic E-state index is 0.301. The van der Waals surface area contributed by atoms with E-state index in [0.717, 1.165) is 18.4 Å². The van der Waals surface area contributed by atoms with Crippen LogP contribution in [0.2, 0.25) is 0 Å². The second-order valence-electron chi connectivity index (χ2n) is 2.18. The first kappa shape index (κ1) is 6.27. The molecule has 0 atom stereocenters. The fraction of sp³-hybridized carbons (Fsp3) is 0.375. The van der Waals surface area contributed by atoms with Crippen molar-refractivity contribution in [2.24, 2.45) is 0 Å². The van der Waals surface area contributed by atoms with E-state index in [1.165, 1.54) is 0 Å². The lowest BCUT2D eigenvalue weighted by Gasteiger charge is -1.90. The van der Waals surface area contributed by atoms with Gasteiger partial charge in [-0.3, -0.25) is 4.79 Å². The van der Waals surface area contributed by atoms with Gasteiger partial charge in [0.05, 0.1) is 0 Å². The van der Waals surface area contributed by atoms with Gasteiger partial charge < -0.3 is 0 Å². The van der Waals surface area contributed by atoms with Crippen LogP contribution in [0.4, 0.5) is 0 Å². The van der Waals surface area contributed by atoms with Crippen LogP contribution in [0, 0.1) is 0 Å². The van der Waals surface area contributed by atoms with Gasteiger partial charge in [-0.25, -0.2) is 0 Å². The first-order valence-corrected chi connectivity index (χ1v) is 3.17. The van der Waals surface area contributed by atoms with Crippen molar-refractivity contribution in [2.45, 2.75) is 19.3 Å². The van der Waals surface area contributed by atoms with Crippen molar-refractivity contribution in [3.05, 3.63) is 24.3 Å². The zero-order valence-corrected chi connectivity index (χ0v) is 5.39. The van der Waals surface area contributed by atoms with Crippen LogP contribution in [0.3, 0.4) is 0 Å². The highest BCUT2D eigenvalue weighted by molar-refractivity contribution is 5.97. The molecule has 1 nitrogen and oxygen atoms in total. The number of hydrogen-bond acceptors (Lipinski definition) is 1. The Kier molecular flexibility index (Phi) is 1.83. The zero-order chi connectivity index (χ0) is 6.69. The molecule has 0 aromatic rings. The summed E-state index contributed by atoms with van der Waals surface area (Å²) in [6.45, 7) is 3.57. The molecule has 0 N–H and O–H groups in total. The third-order valence-corrected chi connectivity index (χ3v) is 1.48. The van der Waals surface area contributed by atoms with E-state index in [0.29, 0.717) is 12.2 Å². The molecule has 9 heavy (non-hydrogen) atoms. The molecular formula is C8H10O.